The molecule has 1 aromatic heterocycles. The van der Waals surface area contributed by atoms with E-state index in [0.717, 1.165) is 29.5 Å². The molecule has 2 aliphatic rings. The monoisotopic (exact) mass is 536 g/mol. The predicted molar refractivity (Wildman–Crippen MR) is 150 cm³/mol. The molecule has 1 aliphatic carbocycles. The van der Waals surface area contributed by atoms with Crippen molar-refractivity contribution in [3.63, 3.8) is 0 Å². The number of benzene rings is 3. The summed E-state index contributed by atoms with van der Waals surface area (Å²) in [7, 11) is 1.65. The van der Waals surface area contributed by atoms with E-state index in [0.29, 0.717) is 31.2 Å². The highest BCUT2D eigenvalue weighted by Gasteiger charge is 2.43. The summed E-state index contributed by atoms with van der Waals surface area (Å²) in [6, 6.07) is 28.1. The van der Waals surface area contributed by atoms with Crippen LogP contribution in [0.4, 0.5) is 4.79 Å². The molecule has 204 valence electrons. The lowest BCUT2D eigenvalue weighted by Crippen LogP contribution is -2.52. The minimum Gasteiger partial charge on any atom is -0.493 e. The van der Waals surface area contributed by atoms with Gasteiger partial charge in [0.05, 0.1) is 20.3 Å². The standard InChI is InChI=1S/C33H32N2O5/c1-37-30-14-13-28(20-31(30)40-29-18-25-9-5-6-10-26(25)19-29)33(27-11-3-2-4-12-27)23-35(16-17-39-33)32(36)38-22-24-8-7-15-34-21-24/h2-15,20-21,29H,16-19,22-23H2,1H3. The number of aromatic nitrogens is 1. The Morgan fingerprint density at radius 3 is 2.45 bits per heavy atom. The summed E-state index contributed by atoms with van der Waals surface area (Å²) in [5.41, 5.74) is 4.40. The van der Waals surface area contributed by atoms with Crippen LogP contribution in [0.1, 0.15) is 27.8 Å². The molecule has 2 heterocycles. The van der Waals surface area contributed by atoms with E-state index in [4.69, 9.17) is 18.9 Å². The van der Waals surface area contributed by atoms with Gasteiger partial charge in [0.15, 0.2) is 11.5 Å². The Bertz CT molecular complexity index is 1440. The Morgan fingerprint density at radius 2 is 1.73 bits per heavy atom. The predicted octanol–water partition coefficient (Wildman–Crippen LogP) is 5.55. The van der Waals surface area contributed by atoms with E-state index < -0.39 is 5.60 Å². The third-order valence-corrected chi connectivity index (χ3v) is 7.64. The summed E-state index contributed by atoms with van der Waals surface area (Å²) in [4.78, 5) is 19.0. The van der Waals surface area contributed by atoms with Gasteiger partial charge in [-0.15, -0.1) is 0 Å². The van der Waals surface area contributed by atoms with Gasteiger partial charge in [0, 0.05) is 37.3 Å². The Labute approximate surface area is 234 Å². The van der Waals surface area contributed by atoms with Crippen LogP contribution in [0.2, 0.25) is 0 Å². The molecule has 40 heavy (non-hydrogen) atoms. The number of hydrogen-bond donors (Lipinski definition) is 0. The van der Waals surface area contributed by atoms with Crippen LogP contribution in [0, 0.1) is 0 Å². The molecular formula is C33H32N2O5. The molecule has 3 aromatic carbocycles. The summed E-state index contributed by atoms with van der Waals surface area (Å²) >= 11 is 0. The second-order valence-electron chi connectivity index (χ2n) is 10.2. The maximum atomic E-state index is 13.2. The molecule has 1 unspecified atom stereocenters. The minimum atomic E-state index is -0.907. The van der Waals surface area contributed by atoms with Gasteiger partial charge in [-0.1, -0.05) is 66.7 Å². The largest absolute Gasteiger partial charge is 0.493 e. The number of pyridine rings is 1. The third-order valence-electron chi connectivity index (χ3n) is 7.64. The first-order valence-corrected chi connectivity index (χ1v) is 13.6. The van der Waals surface area contributed by atoms with Gasteiger partial charge in [-0.05, 0) is 40.5 Å². The van der Waals surface area contributed by atoms with Gasteiger partial charge in [-0.2, -0.15) is 0 Å². The van der Waals surface area contributed by atoms with Gasteiger partial charge in [0.25, 0.3) is 0 Å². The number of nitrogens with zero attached hydrogens (tertiary/aromatic N) is 2. The lowest BCUT2D eigenvalue weighted by molar-refractivity contribution is -0.0839. The van der Waals surface area contributed by atoms with Gasteiger partial charge in [-0.25, -0.2) is 4.79 Å². The van der Waals surface area contributed by atoms with E-state index >= 15 is 0 Å². The molecule has 4 aromatic rings. The molecule has 0 N–H and O–H groups in total. The fourth-order valence-electron chi connectivity index (χ4n) is 5.62. The molecule has 1 amide bonds. The zero-order chi connectivity index (χ0) is 27.4. The van der Waals surface area contributed by atoms with Gasteiger partial charge in [-0.3, -0.25) is 4.98 Å². The number of methoxy groups -OCH3 is 1. The molecule has 6 rings (SSSR count). The van der Waals surface area contributed by atoms with Crippen LogP contribution in [-0.2, 0) is 34.5 Å². The molecule has 1 fully saturated rings. The number of amides is 1. The van der Waals surface area contributed by atoms with Crippen molar-refractivity contribution >= 4 is 6.09 Å². The van der Waals surface area contributed by atoms with Crippen LogP contribution in [0.5, 0.6) is 11.5 Å². The van der Waals surface area contributed by atoms with Crippen molar-refractivity contribution < 1.29 is 23.7 Å². The fraction of sp³-hybridized carbons (Fsp3) is 0.273. The number of ether oxygens (including phenoxy) is 4. The third kappa shape index (κ3) is 5.25. The fourth-order valence-corrected chi connectivity index (χ4v) is 5.62. The quantitative estimate of drug-likeness (QED) is 0.309. The second kappa shape index (κ2) is 11.4. The normalized spacial score (nSPS) is 18.7. The lowest BCUT2D eigenvalue weighted by Gasteiger charge is -2.43. The van der Waals surface area contributed by atoms with Crippen LogP contribution < -0.4 is 9.47 Å². The average molecular weight is 537 g/mol. The van der Waals surface area contributed by atoms with Crippen molar-refractivity contribution in [2.24, 2.45) is 0 Å². The van der Waals surface area contributed by atoms with Crippen molar-refractivity contribution in [3.8, 4) is 11.5 Å². The van der Waals surface area contributed by atoms with E-state index in [1.165, 1.54) is 11.1 Å². The molecule has 7 heteroatoms. The summed E-state index contributed by atoms with van der Waals surface area (Å²) in [5.74, 6) is 1.32. The van der Waals surface area contributed by atoms with Crippen LogP contribution in [0.3, 0.4) is 0 Å². The summed E-state index contributed by atoms with van der Waals surface area (Å²) in [5, 5.41) is 0. The molecule has 0 spiro atoms. The first-order chi connectivity index (χ1) is 19.6. The number of morpholine rings is 1. The molecule has 0 radical (unpaired) electrons. The Kier molecular flexibility index (Phi) is 7.38. The Hall–Kier alpha value is -4.36. The topological polar surface area (TPSA) is 70.1 Å². The minimum absolute atomic E-state index is 0.0143. The van der Waals surface area contributed by atoms with E-state index in [-0.39, 0.29) is 18.8 Å². The number of hydrogen-bond acceptors (Lipinski definition) is 6. The van der Waals surface area contributed by atoms with Gasteiger partial charge in [0.1, 0.15) is 18.3 Å². The average Bonchev–Trinajstić information content (AvgIpc) is 3.43. The number of carbonyl (C=O) groups is 1. The van der Waals surface area contributed by atoms with Gasteiger partial charge >= 0.3 is 6.09 Å². The van der Waals surface area contributed by atoms with Crippen LogP contribution in [0.25, 0.3) is 0 Å². The van der Waals surface area contributed by atoms with Gasteiger partial charge in [0.2, 0.25) is 0 Å². The van der Waals surface area contributed by atoms with Crippen LogP contribution in [-0.4, -0.2) is 48.9 Å². The molecule has 0 bridgehead atoms. The summed E-state index contributed by atoms with van der Waals surface area (Å²) < 4.78 is 24.5. The molecule has 1 atom stereocenters. The second-order valence-corrected chi connectivity index (χ2v) is 10.2. The maximum absolute atomic E-state index is 13.2. The van der Waals surface area contributed by atoms with E-state index in [2.05, 4.69) is 29.2 Å². The van der Waals surface area contributed by atoms with Gasteiger partial charge < -0.3 is 23.8 Å². The zero-order valence-corrected chi connectivity index (χ0v) is 22.5. The number of fused-ring (bicyclic) bond motifs is 1. The molecule has 1 saturated heterocycles. The number of carbonyl (C=O) groups excluding carboxylic acids is 1. The SMILES string of the molecule is COc1ccc(C2(c3ccccc3)CN(C(=O)OCc3cccnc3)CCO2)cc1OC1Cc2ccccc2C1. The summed E-state index contributed by atoms with van der Waals surface area (Å²) in [6.07, 6.45) is 4.71. The first kappa shape index (κ1) is 25.9. The van der Waals surface area contributed by atoms with Crippen molar-refractivity contribution in [1.29, 1.82) is 0 Å². The van der Waals surface area contributed by atoms with Crippen molar-refractivity contribution in [3.05, 3.63) is 125 Å². The van der Waals surface area contributed by atoms with Crippen LogP contribution >= 0.6 is 0 Å². The van der Waals surface area contributed by atoms with Crippen LogP contribution in [0.15, 0.2) is 97.3 Å². The Morgan fingerprint density at radius 1 is 0.950 bits per heavy atom. The zero-order valence-electron chi connectivity index (χ0n) is 22.5. The highest BCUT2D eigenvalue weighted by molar-refractivity contribution is 5.68. The van der Waals surface area contributed by atoms with Crippen molar-refractivity contribution in [1.82, 2.24) is 9.88 Å². The first-order valence-electron chi connectivity index (χ1n) is 13.6. The van der Waals surface area contributed by atoms with Crippen molar-refractivity contribution in [2.45, 2.75) is 31.2 Å². The Balaban J connectivity index is 1.29. The van der Waals surface area contributed by atoms with E-state index in [1.807, 2.05) is 60.7 Å². The smallest absolute Gasteiger partial charge is 0.410 e. The maximum Gasteiger partial charge on any atom is 0.410 e. The molecule has 0 saturated carbocycles. The highest BCUT2D eigenvalue weighted by Crippen LogP contribution is 2.41. The lowest BCUT2D eigenvalue weighted by atomic mass is 9.84. The highest BCUT2D eigenvalue weighted by atomic mass is 16.6. The van der Waals surface area contributed by atoms with Crippen molar-refractivity contribution in [2.75, 3.05) is 26.8 Å². The summed E-state index contributed by atoms with van der Waals surface area (Å²) in [6.45, 7) is 1.24. The number of rotatable bonds is 7. The van der Waals surface area contributed by atoms with E-state index in [9.17, 15) is 4.79 Å². The van der Waals surface area contributed by atoms with E-state index in [1.54, 1.807) is 24.4 Å². The molecular weight excluding hydrogens is 504 g/mol. The molecule has 1 aliphatic heterocycles. The molecule has 7 nitrogen and oxygen atoms in total.